The Morgan fingerprint density at radius 1 is 1.06 bits per heavy atom. The van der Waals surface area contributed by atoms with Crippen LogP contribution >= 0.6 is 0 Å². The van der Waals surface area contributed by atoms with Crippen LogP contribution < -0.4 is 4.90 Å². The molecule has 1 N–H and O–H groups in total. The molecule has 5 heterocycles. The Balaban J connectivity index is 1.40. The topological polar surface area (TPSA) is 62.3 Å². The normalized spacial score (nSPS) is 19.4. The van der Waals surface area contributed by atoms with Crippen LogP contribution in [0.4, 0.5) is 10.2 Å². The zero-order chi connectivity index (χ0) is 22.7. The molecular weight excluding hydrogens is 419 g/mol. The van der Waals surface area contributed by atoms with Gasteiger partial charge < -0.3 is 19.5 Å². The van der Waals surface area contributed by atoms with Crippen molar-refractivity contribution in [2.45, 2.75) is 18.7 Å². The van der Waals surface area contributed by atoms with E-state index in [1.54, 1.807) is 18.3 Å². The van der Waals surface area contributed by atoms with Crippen LogP contribution in [0.3, 0.4) is 0 Å². The van der Waals surface area contributed by atoms with E-state index in [-0.39, 0.29) is 11.9 Å². The van der Waals surface area contributed by atoms with Crippen molar-refractivity contribution in [2.24, 2.45) is 0 Å². The van der Waals surface area contributed by atoms with Gasteiger partial charge in [0.25, 0.3) is 0 Å². The molecule has 2 atom stereocenters. The second-order valence-corrected chi connectivity index (χ2v) is 9.01. The van der Waals surface area contributed by atoms with Crippen molar-refractivity contribution >= 4 is 5.82 Å². The summed E-state index contributed by atoms with van der Waals surface area (Å²) >= 11 is 0. The van der Waals surface area contributed by atoms with Crippen molar-refractivity contribution in [3.8, 4) is 28.3 Å². The predicted molar refractivity (Wildman–Crippen MR) is 125 cm³/mol. The molecule has 4 aromatic rings. The maximum Gasteiger partial charge on any atom is 0.161 e. The lowest BCUT2D eigenvalue weighted by Crippen LogP contribution is -2.38. The maximum atomic E-state index is 13.4. The van der Waals surface area contributed by atoms with Crippen molar-refractivity contribution in [3.63, 3.8) is 0 Å². The molecule has 0 aliphatic carbocycles. The molecule has 0 saturated carbocycles. The largest absolute Gasteiger partial charge is 0.390 e. The third-order valence-corrected chi connectivity index (χ3v) is 6.71. The number of aliphatic hydroxyl groups is 1. The summed E-state index contributed by atoms with van der Waals surface area (Å²) < 4.78 is 17.6. The molecule has 8 heteroatoms. The highest BCUT2D eigenvalue weighted by Gasteiger charge is 2.34. The van der Waals surface area contributed by atoms with E-state index in [2.05, 4.69) is 42.2 Å². The number of β-amino-alcohol motifs (C(OH)–C–C–N with tert-alkyl or cyclic N) is 1. The van der Waals surface area contributed by atoms with E-state index in [1.807, 2.05) is 26.4 Å². The van der Waals surface area contributed by atoms with E-state index in [9.17, 15) is 9.50 Å². The van der Waals surface area contributed by atoms with Crippen LogP contribution in [0.5, 0.6) is 0 Å². The third-order valence-electron chi connectivity index (χ3n) is 6.71. The molecule has 0 bridgehead atoms. The van der Waals surface area contributed by atoms with Gasteiger partial charge in [0.1, 0.15) is 11.6 Å². The minimum Gasteiger partial charge on any atom is -0.390 e. The summed E-state index contributed by atoms with van der Waals surface area (Å²) in [6, 6.07) is 12.8. The number of aliphatic hydroxyl groups excluding tert-OH is 1. The number of likely N-dealkylation sites (N-methyl/N-ethyl adjacent to an activating group) is 1. The van der Waals surface area contributed by atoms with E-state index in [0.29, 0.717) is 13.1 Å². The molecule has 0 amide bonds. The SMILES string of the molecule is CN(C)[C@H]1CN(c2ccc3c(n2)Cn2cc(-c4ccc(F)cc4)cc2-c2nccn2-3)C[C@H]1O. The Bertz CT molecular complexity index is 1330. The van der Waals surface area contributed by atoms with Crippen LogP contribution in [0.25, 0.3) is 28.3 Å². The molecule has 168 valence electrons. The summed E-state index contributed by atoms with van der Waals surface area (Å²) in [6.45, 7) is 1.89. The fourth-order valence-electron chi connectivity index (χ4n) is 4.94. The molecule has 3 aromatic heterocycles. The minimum atomic E-state index is -0.407. The Morgan fingerprint density at radius 2 is 1.88 bits per heavy atom. The second-order valence-electron chi connectivity index (χ2n) is 9.01. The van der Waals surface area contributed by atoms with Gasteiger partial charge in [-0.2, -0.15) is 0 Å². The van der Waals surface area contributed by atoms with Gasteiger partial charge in [0.05, 0.1) is 35.8 Å². The Kier molecular flexibility index (Phi) is 4.60. The summed E-state index contributed by atoms with van der Waals surface area (Å²) in [6.07, 6.45) is 5.42. The van der Waals surface area contributed by atoms with Crippen molar-refractivity contribution in [1.29, 1.82) is 0 Å². The average Bonchev–Trinajstić information content (AvgIpc) is 3.51. The van der Waals surface area contributed by atoms with Crippen molar-refractivity contribution in [1.82, 2.24) is 24.0 Å². The number of imidazole rings is 1. The van der Waals surface area contributed by atoms with Crippen LogP contribution in [-0.2, 0) is 6.54 Å². The molecule has 6 rings (SSSR count). The third kappa shape index (κ3) is 3.34. The van der Waals surface area contributed by atoms with Gasteiger partial charge in [0.15, 0.2) is 5.82 Å². The van der Waals surface area contributed by atoms with Gasteiger partial charge in [0.2, 0.25) is 0 Å². The second kappa shape index (κ2) is 7.54. The molecule has 0 spiro atoms. The first-order chi connectivity index (χ1) is 16.0. The Hall–Kier alpha value is -3.49. The highest BCUT2D eigenvalue weighted by molar-refractivity contribution is 5.71. The number of fused-ring (bicyclic) bond motifs is 5. The Labute approximate surface area is 191 Å². The first-order valence-corrected chi connectivity index (χ1v) is 11.1. The number of hydrogen-bond donors (Lipinski definition) is 1. The number of aromatic nitrogens is 4. The highest BCUT2D eigenvalue weighted by atomic mass is 19.1. The molecule has 1 saturated heterocycles. The van der Waals surface area contributed by atoms with Gasteiger partial charge in [-0.05, 0) is 50.0 Å². The average molecular weight is 445 g/mol. The van der Waals surface area contributed by atoms with Crippen molar-refractivity contribution in [2.75, 3.05) is 32.1 Å². The molecule has 1 aromatic carbocycles. The van der Waals surface area contributed by atoms with Gasteiger partial charge >= 0.3 is 0 Å². The van der Waals surface area contributed by atoms with Crippen LogP contribution in [-0.4, -0.2) is 68.4 Å². The summed E-state index contributed by atoms with van der Waals surface area (Å²) in [5, 5.41) is 10.5. The molecule has 33 heavy (non-hydrogen) atoms. The lowest BCUT2D eigenvalue weighted by atomic mass is 10.1. The number of benzene rings is 1. The first kappa shape index (κ1) is 20.1. The summed E-state index contributed by atoms with van der Waals surface area (Å²) in [4.78, 5) is 13.9. The molecule has 2 aliphatic rings. The molecule has 7 nitrogen and oxygen atoms in total. The number of pyridine rings is 1. The molecular formula is C25H25FN6O. The summed E-state index contributed by atoms with van der Waals surface area (Å²) in [7, 11) is 3.99. The molecule has 2 aliphatic heterocycles. The standard InChI is InChI=1S/C25H25FN6O/c1-29(2)22-14-31(15-23(22)33)24-8-7-20-19(28-24)13-30-12-17(16-3-5-18(26)6-4-16)11-21(30)25-27-9-10-32(20)25/h3-12,22-23,33H,13-15H2,1-2H3/t22-,23+/m0/s1. The molecule has 0 unspecified atom stereocenters. The first-order valence-electron chi connectivity index (χ1n) is 11.1. The van der Waals surface area contributed by atoms with E-state index < -0.39 is 6.10 Å². The molecule has 0 radical (unpaired) electrons. The van der Waals surface area contributed by atoms with Gasteiger partial charge in [-0.25, -0.2) is 14.4 Å². The number of nitrogens with zero attached hydrogens (tertiary/aromatic N) is 6. The van der Waals surface area contributed by atoms with Crippen LogP contribution in [0, 0.1) is 5.82 Å². The zero-order valence-electron chi connectivity index (χ0n) is 18.6. The van der Waals surface area contributed by atoms with E-state index in [0.717, 1.165) is 46.4 Å². The highest BCUT2D eigenvalue weighted by Crippen LogP contribution is 2.34. The maximum absolute atomic E-state index is 13.4. The van der Waals surface area contributed by atoms with Crippen molar-refractivity contribution in [3.05, 3.63) is 72.6 Å². The van der Waals surface area contributed by atoms with Gasteiger partial charge in [0, 0.05) is 37.2 Å². The fraction of sp³-hybridized carbons (Fsp3) is 0.280. The van der Waals surface area contributed by atoms with Gasteiger partial charge in [-0.1, -0.05) is 12.1 Å². The van der Waals surface area contributed by atoms with Crippen molar-refractivity contribution < 1.29 is 9.50 Å². The van der Waals surface area contributed by atoms with E-state index in [1.165, 1.54) is 12.1 Å². The van der Waals surface area contributed by atoms with Crippen LogP contribution in [0.1, 0.15) is 5.69 Å². The quantitative estimate of drug-likeness (QED) is 0.464. The number of rotatable bonds is 3. The number of halogens is 1. The molecule has 1 fully saturated rings. The lowest BCUT2D eigenvalue weighted by molar-refractivity contribution is 0.114. The van der Waals surface area contributed by atoms with E-state index >= 15 is 0 Å². The van der Waals surface area contributed by atoms with Gasteiger partial charge in [-0.3, -0.25) is 4.57 Å². The smallest absolute Gasteiger partial charge is 0.161 e. The lowest BCUT2D eigenvalue weighted by Gasteiger charge is -2.22. The van der Waals surface area contributed by atoms with Crippen LogP contribution in [0.15, 0.2) is 61.1 Å². The fourth-order valence-corrected chi connectivity index (χ4v) is 4.94. The minimum absolute atomic E-state index is 0.0835. The van der Waals surface area contributed by atoms with E-state index in [4.69, 9.17) is 4.98 Å². The number of anilines is 1. The van der Waals surface area contributed by atoms with Crippen LogP contribution in [0.2, 0.25) is 0 Å². The monoisotopic (exact) mass is 444 g/mol. The summed E-state index contributed by atoms with van der Waals surface area (Å²) in [5.41, 5.74) is 4.90. The van der Waals surface area contributed by atoms with Gasteiger partial charge in [-0.15, -0.1) is 0 Å². The number of hydrogen-bond acceptors (Lipinski definition) is 5. The predicted octanol–water partition coefficient (Wildman–Crippen LogP) is 3.01. The zero-order valence-corrected chi connectivity index (χ0v) is 18.6. The summed E-state index contributed by atoms with van der Waals surface area (Å²) in [5.74, 6) is 1.47. The Morgan fingerprint density at radius 3 is 2.64 bits per heavy atom.